The summed E-state index contributed by atoms with van der Waals surface area (Å²) in [6.07, 6.45) is 6.56. The zero-order valence-electron chi connectivity index (χ0n) is 19.9. The normalized spacial score (nSPS) is 13.8. The van der Waals surface area contributed by atoms with E-state index in [4.69, 9.17) is 9.47 Å². The topological polar surface area (TPSA) is 124 Å². The van der Waals surface area contributed by atoms with E-state index in [1.165, 1.54) is 6.33 Å². The van der Waals surface area contributed by atoms with E-state index in [1.807, 2.05) is 24.3 Å². The maximum atomic E-state index is 12.3. The standard InChI is InChI=1S/C25H25N7O3.H2S/c1-15(18-4-3-5-19-20(24(33)26-2)6-7-27-23(18)19)9-28-22-8-21(31-14-32-22)16-10-29-25(30-11-16)35-17-12-34-13-17;/h3-8,10-11,14-15,17H,9,12-13H2,1-2H3,(H,26,33)(H,28,31,32);1H2/t15-;/m1./s1. The summed E-state index contributed by atoms with van der Waals surface area (Å²) in [5, 5.41) is 6.90. The molecule has 5 rings (SSSR count). The smallest absolute Gasteiger partial charge is 0.316 e. The molecule has 4 aromatic rings. The zero-order chi connectivity index (χ0) is 24.2. The molecule has 4 heterocycles. The molecule has 186 valence electrons. The number of para-hydroxylation sites is 1. The predicted octanol–water partition coefficient (Wildman–Crippen LogP) is 2.95. The summed E-state index contributed by atoms with van der Waals surface area (Å²) >= 11 is 0. The number of hydrogen-bond donors (Lipinski definition) is 2. The first kappa shape index (κ1) is 25.3. The second-order valence-corrected chi connectivity index (χ2v) is 8.28. The van der Waals surface area contributed by atoms with Gasteiger partial charge in [0.2, 0.25) is 0 Å². The number of carbonyl (C=O) groups is 1. The van der Waals surface area contributed by atoms with E-state index in [-0.39, 0.29) is 31.4 Å². The molecular formula is C25H27N7O3S. The van der Waals surface area contributed by atoms with Crippen LogP contribution in [0.2, 0.25) is 0 Å². The summed E-state index contributed by atoms with van der Waals surface area (Å²) < 4.78 is 10.7. The van der Waals surface area contributed by atoms with Gasteiger partial charge in [0.05, 0.1) is 30.0 Å². The quantitative estimate of drug-likeness (QED) is 0.372. The molecule has 0 aliphatic carbocycles. The molecule has 2 N–H and O–H groups in total. The van der Waals surface area contributed by atoms with Crippen molar-refractivity contribution in [2.75, 3.05) is 32.1 Å². The van der Waals surface area contributed by atoms with E-state index in [9.17, 15) is 4.79 Å². The molecule has 11 heteroatoms. The Morgan fingerprint density at radius 2 is 1.94 bits per heavy atom. The highest BCUT2D eigenvalue weighted by atomic mass is 32.1. The van der Waals surface area contributed by atoms with Crippen LogP contribution >= 0.6 is 13.5 Å². The van der Waals surface area contributed by atoms with Crippen LogP contribution in [0.15, 0.2) is 55.2 Å². The summed E-state index contributed by atoms with van der Waals surface area (Å²) in [5.74, 6) is 0.669. The van der Waals surface area contributed by atoms with Gasteiger partial charge in [0.1, 0.15) is 18.2 Å². The van der Waals surface area contributed by atoms with Crippen molar-refractivity contribution < 1.29 is 14.3 Å². The molecular weight excluding hydrogens is 478 g/mol. The molecule has 1 saturated heterocycles. The predicted molar refractivity (Wildman–Crippen MR) is 141 cm³/mol. The van der Waals surface area contributed by atoms with Crippen molar-refractivity contribution in [3.8, 4) is 17.3 Å². The molecule has 0 spiro atoms. The fourth-order valence-corrected chi connectivity index (χ4v) is 3.85. The number of anilines is 1. The molecule has 0 saturated carbocycles. The third-order valence-corrected chi connectivity index (χ3v) is 5.86. The van der Waals surface area contributed by atoms with Crippen LogP contribution in [0, 0.1) is 0 Å². The van der Waals surface area contributed by atoms with Gasteiger partial charge in [-0.15, -0.1) is 0 Å². The molecule has 1 aliphatic heterocycles. The van der Waals surface area contributed by atoms with Gasteiger partial charge < -0.3 is 20.1 Å². The second-order valence-electron chi connectivity index (χ2n) is 8.28. The lowest BCUT2D eigenvalue weighted by Crippen LogP contribution is -2.38. The fraction of sp³-hybridized carbons (Fsp3) is 0.280. The van der Waals surface area contributed by atoms with Crippen molar-refractivity contribution in [1.82, 2.24) is 30.2 Å². The number of nitrogens with zero attached hydrogens (tertiary/aromatic N) is 5. The van der Waals surface area contributed by atoms with Crippen LogP contribution in [-0.4, -0.2) is 63.7 Å². The Morgan fingerprint density at radius 3 is 2.67 bits per heavy atom. The molecule has 1 amide bonds. The van der Waals surface area contributed by atoms with Crippen molar-refractivity contribution >= 4 is 36.1 Å². The Bertz CT molecular complexity index is 1350. The van der Waals surface area contributed by atoms with Gasteiger partial charge in [-0.3, -0.25) is 9.78 Å². The number of rotatable bonds is 8. The van der Waals surface area contributed by atoms with Gasteiger partial charge in [0.15, 0.2) is 0 Å². The number of fused-ring (bicyclic) bond motifs is 1. The Hall–Kier alpha value is -3.83. The third kappa shape index (κ3) is 5.37. The first-order valence-electron chi connectivity index (χ1n) is 11.3. The fourth-order valence-electron chi connectivity index (χ4n) is 3.85. The lowest BCUT2D eigenvalue weighted by atomic mass is 9.96. The largest absolute Gasteiger partial charge is 0.455 e. The summed E-state index contributed by atoms with van der Waals surface area (Å²) in [6.45, 7) is 3.86. The number of aromatic nitrogens is 5. The molecule has 0 radical (unpaired) electrons. The molecule has 0 bridgehead atoms. The first-order chi connectivity index (χ1) is 17.1. The van der Waals surface area contributed by atoms with Crippen LogP contribution in [0.3, 0.4) is 0 Å². The molecule has 3 aromatic heterocycles. The highest BCUT2D eigenvalue weighted by Crippen LogP contribution is 2.27. The van der Waals surface area contributed by atoms with Gasteiger partial charge in [-0.05, 0) is 11.6 Å². The summed E-state index contributed by atoms with van der Waals surface area (Å²) in [4.78, 5) is 34.1. The van der Waals surface area contributed by atoms with Crippen LogP contribution in [0.1, 0.15) is 28.8 Å². The maximum Gasteiger partial charge on any atom is 0.316 e. The summed E-state index contributed by atoms with van der Waals surface area (Å²) in [5.41, 5.74) is 3.95. The van der Waals surface area contributed by atoms with Crippen LogP contribution < -0.4 is 15.4 Å². The Kier molecular flexibility index (Phi) is 7.91. The van der Waals surface area contributed by atoms with Crippen molar-refractivity contribution in [1.29, 1.82) is 0 Å². The molecule has 0 unspecified atom stereocenters. The lowest BCUT2D eigenvalue weighted by molar-refractivity contribution is -0.0831. The first-order valence-corrected chi connectivity index (χ1v) is 11.3. The van der Waals surface area contributed by atoms with Crippen molar-refractivity contribution in [2.24, 2.45) is 0 Å². The average Bonchev–Trinajstić information content (AvgIpc) is 2.88. The van der Waals surface area contributed by atoms with E-state index in [2.05, 4.69) is 42.5 Å². The van der Waals surface area contributed by atoms with Gasteiger partial charge in [0.25, 0.3) is 5.91 Å². The summed E-state index contributed by atoms with van der Waals surface area (Å²) in [7, 11) is 1.62. The van der Waals surface area contributed by atoms with Crippen molar-refractivity contribution in [2.45, 2.75) is 18.9 Å². The SMILES string of the molecule is CNC(=O)c1ccnc2c([C@H](C)CNc3cc(-c4cnc(OC5COC5)nc4)ncn3)cccc12.S. The number of ether oxygens (including phenoxy) is 2. The van der Waals surface area contributed by atoms with E-state index < -0.39 is 0 Å². The van der Waals surface area contributed by atoms with E-state index in [1.54, 1.807) is 31.7 Å². The Labute approximate surface area is 215 Å². The van der Waals surface area contributed by atoms with Crippen LogP contribution in [-0.2, 0) is 4.74 Å². The molecule has 10 nitrogen and oxygen atoms in total. The third-order valence-electron chi connectivity index (χ3n) is 5.86. The van der Waals surface area contributed by atoms with Crippen LogP contribution in [0.4, 0.5) is 5.82 Å². The molecule has 1 fully saturated rings. The van der Waals surface area contributed by atoms with E-state index >= 15 is 0 Å². The minimum Gasteiger partial charge on any atom is -0.455 e. The highest BCUT2D eigenvalue weighted by Gasteiger charge is 2.21. The van der Waals surface area contributed by atoms with E-state index in [0.29, 0.717) is 42.8 Å². The highest BCUT2D eigenvalue weighted by molar-refractivity contribution is 7.59. The van der Waals surface area contributed by atoms with Gasteiger partial charge in [-0.1, -0.05) is 25.1 Å². The molecule has 1 atom stereocenters. The van der Waals surface area contributed by atoms with Gasteiger partial charge in [-0.2, -0.15) is 13.5 Å². The Morgan fingerprint density at radius 1 is 1.14 bits per heavy atom. The van der Waals surface area contributed by atoms with Crippen molar-refractivity contribution in [3.05, 3.63) is 66.4 Å². The van der Waals surface area contributed by atoms with Crippen molar-refractivity contribution in [3.63, 3.8) is 0 Å². The number of nitrogens with one attached hydrogen (secondary N) is 2. The van der Waals surface area contributed by atoms with Gasteiger partial charge in [0, 0.05) is 55.1 Å². The Balaban J connectivity index is 0.00000304. The minimum absolute atomic E-state index is 0. The number of carbonyl (C=O) groups excluding carboxylic acids is 1. The van der Waals surface area contributed by atoms with Gasteiger partial charge in [-0.25, -0.2) is 19.9 Å². The second kappa shape index (κ2) is 11.3. The molecule has 1 aliphatic rings. The number of amides is 1. The average molecular weight is 506 g/mol. The number of hydrogen-bond acceptors (Lipinski definition) is 9. The number of benzene rings is 1. The zero-order valence-corrected chi connectivity index (χ0v) is 20.9. The minimum atomic E-state index is -0.130. The maximum absolute atomic E-state index is 12.3. The molecule has 1 aromatic carbocycles. The lowest BCUT2D eigenvalue weighted by Gasteiger charge is -2.25. The summed E-state index contributed by atoms with van der Waals surface area (Å²) in [6, 6.07) is 9.84. The van der Waals surface area contributed by atoms with E-state index in [0.717, 1.165) is 22.0 Å². The monoisotopic (exact) mass is 505 g/mol. The van der Waals surface area contributed by atoms with Gasteiger partial charge >= 0.3 is 6.01 Å². The van der Waals surface area contributed by atoms with Crippen LogP contribution in [0.5, 0.6) is 6.01 Å². The molecule has 36 heavy (non-hydrogen) atoms. The number of pyridine rings is 1. The van der Waals surface area contributed by atoms with Crippen LogP contribution in [0.25, 0.3) is 22.2 Å².